The van der Waals surface area contributed by atoms with Crippen molar-refractivity contribution in [2.75, 3.05) is 19.6 Å². The van der Waals surface area contributed by atoms with Gasteiger partial charge in [0.25, 0.3) is 5.89 Å². The highest BCUT2D eigenvalue weighted by Crippen LogP contribution is 2.25. The topological polar surface area (TPSA) is 68.2 Å². The minimum absolute atomic E-state index is 0.291. The van der Waals surface area contributed by atoms with E-state index in [0.29, 0.717) is 23.8 Å². The fourth-order valence-electron chi connectivity index (χ4n) is 2.00. The van der Waals surface area contributed by atoms with Crippen LogP contribution in [-0.2, 0) is 0 Å². The summed E-state index contributed by atoms with van der Waals surface area (Å²) in [6, 6.07) is 4.12. The predicted molar refractivity (Wildman–Crippen MR) is 87.1 cm³/mol. The van der Waals surface area contributed by atoms with Crippen LogP contribution in [0.1, 0.15) is 25.7 Å². The second-order valence-corrected chi connectivity index (χ2v) is 5.84. The van der Waals surface area contributed by atoms with Crippen LogP contribution in [0.2, 0.25) is 0 Å². The highest BCUT2D eigenvalue weighted by Gasteiger charge is 2.18. The summed E-state index contributed by atoms with van der Waals surface area (Å²) >= 11 is 2.04. The lowest BCUT2D eigenvalue weighted by atomic mass is 10.2. The first kappa shape index (κ1) is 16.3. The van der Waals surface area contributed by atoms with Gasteiger partial charge in [0, 0.05) is 10.1 Å². The van der Waals surface area contributed by atoms with Crippen molar-refractivity contribution in [3.8, 4) is 11.5 Å². The van der Waals surface area contributed by atoms with Crippen molar-refractivity contribution in [3.63, 3.8) is 0 Å². The van der Waals surface area contributed by atoms with Gasteiger partial charge < -0.3 is 15.2 Å². The highest BCUT2D eigenvalue weighted by molar-refractivity contribution is 14.1. The lowest BCUT2D eigenvalue weighted by Gasteiger charge is -2.20. The van der Waals surface area contributed by atoms with E-state index in [1.54, 1.807) is 6.07 Å². The molecule has 0 fully saturated rings. The molecule has 1 unspecified atom stereocenters. The number of hydrogen-bond acceptors (Lipinski definition) is 5. The number of benzene rings is 1. The van der Waals surface area contributed by atoms with Crippen LogP contribution in [0.4, 0.5) is 4.39 Å². The molecule has 1 atom stereocenters. The molecule has 0 radical (unpaired) electrons. The first-order valence-electron chi connectivity index (χ1n) is 6.82. The number of nitrogens with two attached hydrogens (primary N) is 1. The molecular weight excluding hydrogens is 386 g/mol. The predicted octanol–water partition coefficient (Wildman–Crippen LogP) is 2.82. The van der Waals surface area contributed by atoms with Gasteiger partial charge in [-0.05, 0) is 53.9 Å². The fraction of sp³-hybridized carbons (Fsp3) is 0.429. The molecule has 0 aliphatic heterocycles. The molecule has 2 N–H and O–H groups in total. The van der Waals surface area contributed by atoms with Gasteiger partial charge in [0.05, 0.1) is 11.6 Å². The fourth-order valence-corrected chi connectivity index (χ4v) is 2.71. The average molecular weight is 404 g/mol. The Morgan fingerprint density at radius 3 is 2.71 bits per heavy atom. The average Bonchev–Trinajstić information content (AvgIpc) is 2.94. The van der Waals surface area contributed by atoms with E-state index in [9.17, 15) is 4.39 Å². The van der Waals surface area contributed by atoms with Crippen LogP contribution in [0.15, 0.2) is 22.7 Å². The Labute approximate surface area is 136 Å². The van der Waals surface area contributed by atoms with Gasteiger partial charge in [-0.3, -0.25) is 0 Å². The van der Waals surface area contributed by atoms with Gasteiger partial charge in [0.2, 0.25) is 0 Å². The maximum atomic E-state index is 13.1. The van der Waals surface area contributed by atoms with E-state index < -0.39 is 0 Å². The van der Waals surface area contributed by atoms with E-state index in [4.69, 9.17) is 10.3 Å². The highest BCUT2D eigenvalue weighted by atomic mass is 127. The molecule has 114 valence electrons. The van der Waals surface area contributed by atoms with E-state index >= 15 is 0 Å². The Morgan fingerprint density at radius 1 is 1.38 bits per heavy atom. The van der Waals surface area contributed by atoms with Crippen molar-refractivity contribution in [2.45, 2.75) is 19.9 Å². The number of halogens is 2. The molecule has 21 heavy (non-hydrogen) atoms. The largest absolute Gasteiger partial charge is 0.334 e. The molecule has 2 aromatic rings. The van der Waals surface area contributed by atoms with Gasteiger partial charge in [-0.1, -0.05) is 19.0 Å². The number of likely N-dealkylation sites (N-methyl/N-ethyl adjacent to an activating group) is 1. The molecule has 1 aromatic carbocycles. The molecule has 0 saturated heterocycles. The Hall–Kier alpha value is -1.06. The molecule has 2 rings (SSSR count). The van der Waals surface area contributed by atoms with Gasteiger partial charge in [0.1, 0.15) is 5.82 Å². The SMILES string of the molecule is CCN(CC)CC(N)c1noc(-c2ccc(F)cc2I)n1. The molecule has 1 aromatic heterocycles. The third-order valence-corrected chi connectivity index (χ3v) is 4.18. The van der Waals surface area contributed by atoms with Crippen LogP contribution in [0.25, 0.3) is 11.5 Å². The second kappa shape index (κ2) is 7.28. The molecule has 5 nitrogen and oxygen atoms in total. The smallest absolute Gasteiger partial charge is 0.259 e. The van der Waals surface area contributed by atoms with Crippen molar-refractivity contribution < 1.29 is 8.91 Å². The second-order valence-electron chi connectivity index (χ2n) is 4.67. The van der Waals surface area contributed by atoms with Crippen LogP contribution >= 0.6 is 22.6 Å². The molecule has 0 saturated carbocycles. The minimum atomic E-state index is -0.305. The zero-order valence-electron chi connectivity index (χ0n) is 12.0. The zero-order valence-corrected chi connectivity index (χ0v) is 14.2. The summed E-state index contributed by atoms with van der Waals surface area (Å²) in [4.78, 5) is 6.53. The number of aromatic nitrogens is 2. The molecule has 0 aliphatic carbocycles. The van der Waals surface area contributed by atoms with Crippen LogP contribution in [0.3, 0.4) is 0 Å². The van der Waals surface area contributed by atoms with Gasteiger partial charge in [-0.2, -0.15) is 4.98 Å². The number of rotatable bonds is 6. The molecule has 7 heteroatoms. The van der Waals surface area contributed by atoms with Crippen LogP contribution < -0.4 is 5.73 Å². The van der Waals surface area contributed by atoms with Crippen molar-refractivity contribution >= 4 is 22.6 Å². The van der Waals surface area contributed by atoms with E-state index in [2.05, 4.69) is 28.9 Å². The van der Waals surface area contributed by atoms with Crippen molar-refractivity contribution in [3.05, 3.63) is 33.4 Å². The summed E-state index contributed by atoms with van der Waals surface area (Å²) in [6.07, 6.45) is 0. The maximum absolute atomic E-state index is 13.1. The lowest BCUT2D eigenvalue weighted by molar-refractivity contribution is 0.278. The third-order valence-electron chi connectivity index (χ3n) is 3.28. The van der Waals surface area contributed by atoms with Gasteiger partial charge in [-0.15, -0.1) is 0 Å². The van der Waals surface area contributed by atoms with Crippen molar-refractivity contribution in [2.24, 2.45) is 5.73 Å². The van der Waals surface area contributed by atoms with E-state index in [1.807, 2.05) is 22.6 Å². The first-order valence-corrected chi connectivity index (χ1v) is 7.90. The number of hydrogen-bond donors (Lipinski definition) is 1. The Bertz CT molecular complexity index is 600. The monoisotopic (exact) mass is 404 g/mol. The molecule has 0 bridgehead atoms. The summed E-state index contributed by atoms with van der Waals surface area (Å²) < 4.78 is 19.1. The Morgan fingerprint density at radius 2 is 2.10 bits per heavy atom. The zero-order chi connectivity index (χ0) is 15.4. The summed E-state index contributed by atoms with van der Waals surface area (Å²) in [5.74, 6) is 0.544. The Balaban J connectivity index is 2.17. The first-order chi connectivity index (χ1) is 10.0. The quantitative estimate of drug-likeness (QED) is 0.751. The van der Waals surface area contributed by atoms with Crippen molar-refractivity contribution in [1.29, 1.82) is 0 Å². The molecule has 0 aliphatic rings. The minimum Gasteiger partial charge on any atom is -0.334 e. The Kier molecular flexibility index (Phi) is 5.65. The van der Waals surface area contributed by atoms with E-state index in [1.165, 1.54) is 12.1 Å². The molecule has 0 spiro atoms. The summed E-state index contributed by atoms with van der Waals surface area (Å²) in [5, 5.41) is 3.94. The van der Waals surface area contributed by atoms with Gasteiger partial charge in [-0.25, -0.2) is 4.39 Å². The van der Waals surface area contributed by atoms with Crippen LogP contribution in [0, 0.1) is 9.39 Å². The molecular formula is C14H18FIN4O. The van der Waals surface area contributed by atoms with Gasteiger partial charge in [0.15, 0.2) is 5.82 Å². The summed E-state index contributed by atoms with van der Waals surface area (Å²) in [7, 11) is 0. The van der Waals surface area contributed by atoms with Gasteiger partial charge >= 0.3 is 0 Å². The van der Waals surface area contributed by atoms with Crippen molar-refractivity contribution in [1.82, 2.24) is 15.0 Å². The third kappa shape index (κ3) is 3.98. The lowest BCUT2D eigenvalue weighted by Crippen LogP contribution is -2.32. The number of nitrogens with zero attached hydrogens (tertiary/aromatic N) is 3. The maximum Gasteiger partial charge on any atom is 0.259 e. The van der Waals surface area contributed by atoms with E-state index in [-0.39, 0.29) is 11.9 Å². The van der Waals surface area contributed by atoms with Crippen LogP contribution in [0.5, 0.6) is 0 Å². The standard InChI is InChI=1S/C14H18FIN4O/c1-3-20(4-2)8-12(17)13-18-14(21-19-13)10-6-5-9(15)7-11(10)16/h5-7,12H,3-4,8,17H2,1-2H3. The summed E-state index contributed by atoms with van der Waals surface area (Å²) in [5.41, 5.74) is 6.83. The molecule has 0 amide bonds. The normalized spacial score (nSPS) is 12.9. The summed E-state index contributed by atoms with van der Waals surface area (Å²) in [6.45, 7) is 6.68. The molecule has 1 heterocycles. The van der Waals surface area contributed by atoms with Crippen LogP contribution in [-0.4, -0.2) is 34.7 Å². The van der Waals surface area contributed by atoms with E-state index in [0.717, 1.165) is 16.7 Å².